The number of anilines is 1. The van der Waals surface area contributed by atoms with Crippen molar-refractivity contribution in [2.24, 2.45) is 5.73 Å². The van der Waals surface area contributed by atoms with Gasteiger partial charge in [-0.2, -0.15) is 0 Å². The first-order valence-corrected chi connectivity index (χ1v) is 6.77. The van der Waals surface area contributed by atoms with Crippen molar-refractivity contribution >= 4 is 34.6 Å². The van der Waals surface area contributed by atoms with Crippen molar-refractivity contribution < 1.29 is 0 Å². The van der Waals surface area contributed by atoms with Crippen LogP contribution in [0, 0.1) is 0 Å². The molecule has 98 valence electrons. The van der Waals surface area contributed by atoms with Gasteiger partial charge in [0.1, 0.15) is 5.82 Å². The SMILES string of the molecule is CC(C(N)=S)N1CCN(c2ncccc2Cl)CC1. The second-order valence-electron chi connectivity index (χ2n) is 4.41. The number of rotatable bonds is 3. The minimum atomic E-state index is 0.154. The van der Waals surface area contributed by atoms with Crippen molar-refractivity contribution in [1.29, 1.82) is 0 Å². The van der Waals surface area contributed by atoms with Gasteiger partial charge < -0.3 is 10.6 Å². The zero-order valence-electron chi connectivity index (χ0n) is 10.3. The topological polar surface area (TPSA) is 45.4 Å². The van der Waals surface area contributed by atoms with Crippen LogP contribution in [0.1, 0.15) is 6.92 Å². The van der Waals surface area contributed by atoms with Crippen LogP contribution in [0.2, 0.25) is 5.02 Å². The van der Waals surface area contributed by atoms with Crippen molar-refractivity contribution in [2.45, 2.75) is 13.0 Å². The first-order chi connectivity index (χ1) is 8.59. The Bertz CT molecular complexity index is 432. The molecule has 1 aromatic heterocycles. The second kappa shape index (κ2) is 5.82. The summed E-state index contributed by atoms with van der Waals surface area (Å²) in [5.41, 5.74) is 5.68. The van der Waals surface area contributed by atoms with Crippen LogP contribution >= 0.6 is 23.8 Å². The maximum Gasteiger partial charge on any atom is 0.147 e. The summed E-state index contributed by atoms with van der Waals surface area (Å²) in [5.74, 6) is 0.863. The van der Waals surface area contributed by atoms with E-state index in [9.17, 15) is 0 Å². The van der Waals surface area contributed by atoms with E-state index in [1.165, 1.54) is 0 Å². The molecule has 0 aromatic carbocycles. The fraction of sp³-hybridized carbons (Fsp3) is 0.500. The first-order valence-electron chi connectivity index (χ1n) is 5.98. The van der Waals surface area contributed by atoms with E-state index >= 15 is 0 Å². The van der Waals surface area contributed by atoms with Gasteiger partial charge in [0.25, 0.3) is 0 Å². The number of nitrogens with two attached hydrogens (primary N) is 1. The summed E-state index contributed by atoms with van der Waals surface area (Å²) in [6, 6.07) is 3.87. The van der Waals surface area contributed by atoms with Gasteiger partial charge in [0.05, 0.1) is 16.1 Å². The molecule has 0 spiro atoms. The van der Waals surface area contributed by atoms with Crippen LogP contribution < -0.4 is 10.6 Å². The lowest BCUT2D eigenvalue weighted by atomic mass is 10.2. The largest absolute Gasteiger partial charge is 0.392 e. The zero-order valence-corrected chi connectivity index (χ0v) is 11.9. The predicted octanol–water partition coefficient (Wildman–Crippen LogP) is 1.53. The highest BCUT2D eigenvalue weighted by molar-refractivity contribution is 7.80. The highest BCUT2D eigenvalue weighted by atomic mass is 35.5. The molecule has 18 heavy (non-hydrogen) atoms. The average molecular weight is 285 g/mol. The summed E-state index contributed by atoms with van der Waals surface area (Å²) >= 11 is 11.2. The van der Waals surface area contributed by atoms with Gasteiger partial charge in [0.2, 0.25) is 0 Å². The van der Waals surface area contributed by atoms with Crippen LogP contribution in [-0.4, -0.2) is 47.1 Å². The van der Waals surface area contributed by atoms with E-state index in [0.717, 1.165) is 32.0 Å². The highest BCUT2D eigenvalue weighted by Crippen LogP contribution is 2.23. The maximum atomic E-state index is 6.15. The molecule has 2 rings (SSSR count). The molecule has 1 aromatic rings. The van der Waals surface area contributed by atoms with Crippen LogP contribution in [0.3, 0.4) is 0 Å². The quantitative estimate of drug-likeness (QED) is 0.853. The molecule has 0 amide bonds. The second-order valence-corrected chi connectivity index (χ2v) is 5.29. The van der Waals surface area contributed by atoms with E-state index in [4.69, 9.17) is 29.6 Å². The number of piperazine rings is 1. The van der Waals surface area contributed by atoms with E-state index in [0.29, 0.717) is 10.0 Å². The molecule has 6 heteroatoms. The normalized spacial score (nSPS) is 18.7. The third-order valence-electron chi connectivity index (χ3n) is 3.31. The summed E-state index contributed by atoms with van der Waals surface area (Å²) in [6.07, 6.45) is 1.77. The number of nitrogens with zero attached hydrogens (tertiary/aromatic N) is 3. The molecule has 1 saturated heterocycles. The molecule has 1 aliphatic heterocycles. The summed E-state index contributed by atoms with van der Waals surface area (Å²) in [4.78, 5) is 9.37. The molecule has 1 atom stereocenters. The van der Waals surface area contributed by atoms with E-state index in [2.05, 4.69) is 14.8 Å². The summed E-state index contributed by atoms with van der Waals surface area (Å²) in [6.45, 7) is 5.68. The number of hydrogen-bond acceptors (Lipinski definition) is 4. The molecular formula is C12H17ClN4S. The van der Waals surface area contributed by atoms with Gasteiger partial charge in [-0.3, -0.25) is 4.90 Å². The predicted molar refractivity (Wildman–Crippen MR) is 79.3 cm³/mol. The van der Waals surface area contributed by atoms with Gasteiger partial charge in [0, 0.05) is 32.4 Å². The summed E-state index contributed by atoms with van der Waals surface area (Å²) in [5, 5.41) is 0.702. The van der Waals surface area contributed by atoms with Crippen LogP contribution in [0.15, 0.2) is 18.3 Å². The van der Waals surface area contributed by atoms with Crippen molar-refractivity contribution in [3.8, 4) is 0 Å². The molecule has 1 aliphatic rings. The lowest BCUT2D eigenvalue weighted by Crippen LogP contribution is -2.53. The Morgan fingerprint density at radius 1 is 1.44 bits per heavy atom. The third kappa shape index (κ3) is 2.91. The standard InChI is InChI=1S/C12H17ClN4S/c1-9(11(14)18)16-5-7-17(8-6-16)12-10(13)3-2-4-15-12/h2-4,9H,5-8H2,1H3,(H2,14,18). The number of thiocarbonyl (C=S) groups is 1. The lowest BCUT2D eigenvalue weighted by molar-refractivity contribution is 0.239. The van der Waals surface area contributed by atoms with E-state index in [1.807, 2.05) is 19.1 Å². The Kier molecular flexibility index (Phi) is 4.37. The van der Waals surface area contributed by atoms with Gasteiger partial charge >= 0.3 is 0 Å². The molecule has 4 nitrogen and oxygen atoms in total. The molecule has 1 unspecified atom stereocenters. The maximum absolute atomic E-state index is 6.15. The fourth-order valence-corrected chi connectivity index (χ4v) is 2.50. The minimum absolute atomic E-state index is 0.154. The van der Waals surface area contributed by atoms with Crippen LogP contribution in [0.4, 0.5) is 5.82 Å². The first kappa shape index (κ1) is 13.5. The van der Waals surface area contributed by atoms with Gasteiger partial charge in [-0.25, -0.2) is 4.98 Å². The molecule has 0 saturated carbocycles. The summed E-state index contributed by atoms with van der Waals surface area (Å²) < 4.78 is 0. The van der Waals surface area contributed by atoms with Gasteiger partial charge in [0.15, 0.2) is 0 Å². The van der Waals surface area contributed by atoms with E-state index < -0.39 is 0 Å². The minimum Gasteiger partial charge on any atom is -0.392 e. The number of hydrogen-bond donors (Lipinski definition) is 1. The molecule has 0 aliphatic carbocycles. The number of pyridine rings is 1. The Labute approximate surface area is 118 Å². The smallest absolute Gasteiger partial charge is 0.147 e. The number of halogens is 1. The van der Waals surface area contributed by atoms with E-state index in [1.54, 1.807) is 6.20 Å². The number of aromatic nitrogens is 1. The van der Waals surface area contributed by atoms with Crippen molar-refractivity contribution in [3.63, 3.8) is 0 Å². The Morgan fingerprint density at radius 3 is 2.67 bits per heavy atom. The fourth-order valence-electron chi connectivity index (χ4n) is 2.11. The van der Waals surface area contributed by atoms with Gasteiger partial charge in [-0.05, 0) is 19.1 Å². The average Bonchev–Trinajstić information content (AvgIpc) is 2.38. The third-order valence-corrected chi connectivity index (χ3v) is 3.95. The Morgan fingerprint density at radius 2 is 2.11 bits per heavy atom. The van der Waals surface area contributed by atoms with Gasteiger partial charge in [-0.1, -0.05) is 23.8 Å². The molecule has 2 heterocycles. The highest BCUT2D eigenvalue weighted by Gasteiger charge is 2.23. The zero-order chi connectivity index (χ0) is 13.1. The Balaban J connectivity index is 1.99. The molecule has 1 fully saturated rings. The van der Waals surface area contributed by atoms with Crippen LogP contribution in [0.5, 0.6) is 0 Å². The van der Waals surface area contributed by atoms with Crippen molar-refractivity contribution in [2.75, 3.05) is 31.1 Å². The van der Waals surface area contributed by atoms with Crippen molar-refractivity contribution in [3.05, 3.63) is 23.4 Å². The van der Waals surface area contributed by atoms with E-state index in [-0.39, 0.29) is 6.04 Å². The van der Waals surface area contributed by atoms with Gasteiger partial charge in [-0.15, -0.1) is 0 Å². The molecule has 0 radical (unpaired) electrons. The van der Waals surface area contributed by atoms with Crippen molar-refractivity contribution in [1.82, 2.24) is 9.88 Å². The molecule has 2 N–H and O–H groups in total. The van der Waals surface area contributed by atoms with Crippen LogP contribution in [-0.2, 0) is 0 Å². The molecule has 0 bridgehead atoms. The summed E-state index contributed by atoms with van der Waals surface area (Å²) in [7, 11) is 0. The Hall–Kier alpha value is -0.910. The van der Waals surface area contributed by atoms with Crippen LogP contribution in [0.25, 0.3) is 0 Å². The molecular weight excluding hydrogens is 268 g/mol. The lowest BCUT2D eigenvalue weighted by Gasteiger charge is -2.38. The monoisotopic (exact) mass is 284 g/mol.